The molecule has 1 aromatic carbocycles. The number of hydrogen-bond donors (Lipinski definition) is 2. The van der Waals surface area contributed by atoms with Gasteiger partial charge in [0.15, 0.2) is 0 Å². The van der Waals surface area contributed by atoms with Crippen molar-refractivity contribution < 1.29 is 9.90 Å². The predicted octanol–water partition coefficient (Wildman–Crippen LogP) is 3.05. The fourth-order valence-electron chi connectivity index (χ4n) is 1.13. The Morgan fingerprint density at radius 1 is 1.53 bits per heavy atom. The molecule has 1 rings (SSSR count). The Hall–Kier alpha value is -0.420. The first-order valence-corrected chi connectivity index (χ1v) is 6.83. The third-order valence-corrected chi connectivity index (χ3v) is 3.70. The van der Waals surface area contributed by atoms with Crippen LogP contribution in [0.1, 0.15) is 6.92 Å². The number of halogens is 2. The summed E-state index contributed by atoms with van der Waals surface area (Å²) in [7, 11) is 0. The molecule has 1 aromatic rings. The highest BCUT2D eigenvalue weighted by Crippen LogP contribution is 2.26. The van der Waals surface area contributed by atoms with Gasteiger partial charge in [0.25, 0.3) is 0 Å². The summed E-state index contributed by atoms with van der Waals surface area (Å²) in [6.07, 6.45) is 0. The van der Waals surface area contributed by atoms with Crippen molar-refractivity contribution in [2.45, 2.75) is 12.2 Å². The van der Waals surface area contributed by atoms with Crippen LogP contribution < -0.4 is 5.32 Å². The molecule has 0 heterocycles. The quantitative estimate of drug-likeness (QED) is 0.877. The van der Waals surface area contributed by atoms with Gasteiger partial charge in [-0.2, -0.15) is 0 Å². The van der Waals surface area contributed by atoms with Gasteiger partial charge in [-0.05, 0) is 25.1 Å². The highest BCUT2D eigenvalue weighted by molar-refractivity contribution is 8.00. The molecule has 3 nitrogen and oxygen atoms in total. The molecular formula is C11H13Cl2NO2S. The molecule has 0 saturated heterocycles. The number of anilines is 1. The van der Waals surface area contributed by atoms with Crippen LogP contribution in [0.2, 0.25) is 10.0 Å². The lowest BCUT2D eigenvalue weighted by Gasteiger charge is -2.12. The molecule has 0 spiro atoms. The van der Waals surface area contributed by atoms with Crippen molar-refractivity contribution in [3.63, 3.8) is 0 Å². The van der Waals surface area contributed by atoms with E-state index in [0.717, 1.165) is 0 Å². The Kier molecular flexibility index (Phi) is 6.12. The maximum absolute atomic E-state index is 11.8. The number of amides is 1. The lowest BCUT2D eigenvalue weighted by atomic mass is 10.3. The highest BCUT2D eigenvalue weighted by atomic mass is 35.5. The first kappa shape index (κ1) is 14.6. The zero-order valence-corrected chi connectivity index (χ0v) is 11.6. The number of rotatable bonds is 5. The second-order valence-corrected chi connectivity index (χ2v) is 5.64. The number of aliphatic hydroxyl groups is 1. The SMILES string of the molecule is C[C@H](SCCO)C(=O)Nc1ccc(Cl)cc1Cl. The fraction of sp³-hybridized carbons (Fsp3) is 0.364. The summed E-state index contributed by atoms with van der Waals surface area (Å²) in [5.74, 6) is 0.385. The van der Waals surface area contributed by atoms with Gasteiger partial charge in [0.2, 0.25) is 5.91 Å². The summed E-state index contributed by atoms with van der Waals surface area (Å²) in [5.41, 5.74) is 0.539. The third kappa shape index (κ3) is 4.76. The largest absolute Gasteiger partial charge is 0.396 e. The molecule has 6 heteroatoms. The van der Waals surface area contributed by atoms with Crippen LogP contribution in [-0.2, 0) is 4.79 Å². The van der Waals surface area contributed by atoms with Crippen LogP contribution in [-0.4, -0.2) is 28.6 Å². The normalized spacial score (nSPS) is 12.2. The van der Waals surface area contributed by atoms with Gasteiger partial charge in [-0.25, -0.2) is 0 Å². The van der Waals surface area contributed by atoms with Gasteiger partial charge in [-0.1, -0.05) is 23.2 Å². The van der Waals surface area contributed by atoms with Crippen LogP contribution in [0.5, 0.6) is 0 Å². The summed E-state index contributed by atoms with van der Waals surface area (Å²) in [6.45, 7) is 1.84. The van der Waals surface area contributed by atoms with Crippen molar-refractivity contribution in [1.29, 1.82) is 0 Å². The van der Waals surface area contributed by atoms with E-state index in [1.165, 1.54) is 11.8 Å². The number of carbonyl (C=O) groups excluding carboxylic acids is 1. The van der Waals surface area contributed by atoms with E-state index in [2.05, 4.69) is 5.32 Å². The number of thioether (sulfide) groups is 1. The van der Waals surface area contributed by atoms with Gasteiger partial charge in [-0.15, -0.1) is 11.8 Å². The Labute approximate surface area is 114 Å². The van der Waals surface area contributed by atoms with Gasteiger partial charge in [0, 0.05) is 10.8 Å². The molecule has 0 aromatic heterocycles. The third-order valence-electron chi connectivity index (χ3n) is 2.02. The standard InChI is InChI=1S/C11H13Cl2NO2S/c1-7(17-5-4-15)11(16)14-10-3-2-8(12)6-9(10)13/h2-3,6-7,15H,4-5H2,1H3,(H,14,16)/t7-/m0/s1. The Balaban J connectivity index is 2.61. The molecule has 2 N–H and O–H groups in total. The van der Waals surface area contributed by atoms with Crippen LogP contribution in [0.3, 0.4) is 0 Å². The second kappa shape index (κ2) is 7.11. The lowest BCUT2D eigenvalue weighted by Crippen LogP contribution is -2.23. The Morgan fingerprint density at radius 3 is 2.82 bits per heavy atom. The molecule has 0 aliphatic heterocycles. The van der Waals surface area contributed by atoms with Crippen molar-refractivity contribution in [3.05, 3.63) is 28.2 Å². The van der Waals surface area contributed by atoms with E-state index < -0.39 is 0 Å². The van der Waals surface area contributed by atoms with Crippen LogP contribution in [0, 0.1) is 0 Å². The lowest BCUT2D eigenvalue weighted by molar-refractivity contribution is -0.115. The van der Waals surface area contributed by atoms with Crippen LogP contribution in [0.25, 0.3) is 0 Å². The molecule has 1 amide bonds. The minimum atomic E-state index is -0.242. The first-order chi connectivity index (χ1) is 8.04. The fourth-order valence-corrected chi connectivity index (χ4v) is 2.26. The predicted molar refractivity (Wildman–Crippen MR) is 74.1 cm³/mol. The average molecular weight is 294 g/mol. The molecular weight excluding hydrogens is 281 g/mol. The van der Waals surface area contributed by atoms with Gasteiger partial charge >= 0.3 is 0 Å². The van der Waals surface area contributed by atoms with E-state index >= 15 is 0 Å². The van der Waals surface area contributed by atoms with Gasteiger partial charge in [0.05, 0.1) is 22.6 Å². The van der Waals surface area contributed by atoms with Crippen LogP contribution in [0.15, 0.2) is 18.2 Å². The molecule has 0 aliphatic rings. The molecule has 0 unspecified atom stereocenters. The molecule has 0 aliphatic carbocycles. The molecule has 17 heavy (non-hydrogen) atoms. The van der Waals surface area contributed by atoms with E-state index in [0.29, 0.717) is 21.5 Å². The van der Waals surface area contributed by atoms with Gasteiger partial charge in [0.1, 0.15) is 0 Å². The molecule has 0 saturated carbocycles. The zero-order valence-electron chi connectivity index (χ0n) is 9.24. The number of benzene rings is 1. The average Bonchev–Trinajstić information content (AvgIpc) is 2.29. The summed E-state index contributed by atoms with van der Waals surface area (Å²) in [5, 5.41) is 12.1. The van der Waals surface area contributed by atoms with Crippen LogP contribution >= 0.6 is 35.0 Å². The molecule has 0 radical (unpaired) electrons. The van der Waals surface area contributed by atoms with E-state index in [1.54, 1.807) is 25.1 Å². The van der Waals surface area contributed by atoms with E-state index in [4.69, 9.17) is 28.3 Å². The Morgan fingerprint density at radius 2 is 2.24 bits per heavy atom. The molecule has 0 fully saturated rings. The van der Waals surface area contributed by atoms with Crippen molar-refractivity contribution in [2.24, 2.45) is 0 Å². The first-order valence-electron chi connectivity index (χ1n) is 5.03. The number of aliphatic hydroxyl groups excluding tert-OH is 1. The minimum Gasteiger partial charge on any atom is -0.396 e. The van der Waals surface area contributed by atoms with E-state index in [-0.39, 0.29) is 17.8 Å². The van der Waals surface area contributed by atoms with E-state index in [9.17, 15) is 4.79 Å². The molecule has 94 valence electrons. The van der Waals surface area contributed by atoms with Crippen LogP contribution in [0.4, 0.5) is 5.69 Å². The minimum absolute atomic E-state index is 0.0595. The number of carbonyl (C=O) groups is 1. The zero-order chi connectivity index (χ0) is 12.8. The van der Waals surface area contributed by atoms with Crippen molar-refractivity contribution in [2.75, 3.05) is 17.7 Å². The van der Waals surface area contributed by atoms with Crippen molar-refractivity contribution >= 4 is 46.6 Å². The number of nitrogens with one attached hydrogen (secondary N) is 1. The second-order valence-electron chi connectivity index (χ2n) is 3.35. The maximum Gasteiger partial charge on any atom is 0.237 e. The van der Waals surface area contributed by atoms with Gasteiger partial charge < -0.3 is 10.4 Å². The summed E-state index contributed by atoms with van der Waals surface area (Å²) >= 11 is 13.1. The molecule has 0 bridgehead atoms. The summed E-state index contributed by atoms with van der Waals surface area (Å²) < 4.78 is 0. The maximum atomic E-state index is 11.8. The van der Waals surface area contributed by atoms with E-state index in [1.807, 2.05) is 0 Å². The molecule has 1 atom stereocenters. The summed E-state index contributed by atoms with van der Waals surface area (Å²) in [4.78, 5) is 11.8. The van der Waals surface area contributed by atoms with Gasteiger partial charge in [-0.3, -0.25) is 4.79 Å². The van der Waals surface area contributed by atoms with Crippen molar-refractivity contribution in [3.8, 4) is 0 Å². The smallest absolute Gasteiger partial charge is 0.237 e. The highest BCUT2D eigenvalue weighted by Gasteiger charge is 2.14. The summed E-state index contributed by atoms with van der Waals surface area (Å²) in [6, 6.07) is 4.89. The van der Waals surface area contributed by atoms with Crippen molar-refractivity contribution in [1.82, 2.24) is 0 Å². The monoisotopic (exact) mass is 293 g/mol. The topological polar surface area (TPSA) is 49.3 Å². The number of hydrogen-bond acceptors (Lipinski definition) is 3. The Bertz CT molecular complexity index is 401.